The number of H-pyrrole nitrogens is 1. The maximum Gasteiger partial charge on any atom is 0.125 e. The molecule has 3 aromatic rings. The zero-order valence-electron chi connectivity index (χ0n) is 9.52. The monoisotopic (exact) mass is 242 g/mol. The lowest BCUT2D eigenvalue weighted by Gasteiger charge is -1.99. The molecule has 90 valence electrons. The fourth-order valence-electron chi connectivity index (χ4n) is 1.87. The predicted molar refractivity (Wildman–Crippen MR) is 67.2 cm³/mol. The van der Waals surface area contributed by atoms with Gasteiger partial charge in [-0.15, -0.1) is 0 Å². The summed E-state index contributed by atoms with van der Waals surface area (Å²) >= 11 is 0. The second-order valence-corrected chi connectivity index (χ2v) is 4.01. The van der Waals surface area contributed by atoms with Crippen LogP contribution in [0.5, 0.6) is 0 Å². The first-order valence-corrected chi connectivity index (χ1v) is 5.56. The molecule has 0 aliphatic heterocycles. The molecule has 0 aliphatic carbocycles. The van der Waals surface area contributed by atoms with Crippen molar-refractivity contribution in [1.82, 2.24) is 15.0 Å². The van der Waals surface area contributed by atoms with Crippen molar-refractivity contribution < 1.29 is 4.39 Å². The smallest absolute Gasteiger partial charge is 0.125 e. The zero-order valence-corrected chi connectivity index (χ0v) is 9.52. The minimum absolute atomic E-state index is 0.266. The van der Waals surface area contributed by atoms with E-state index in [2.05, 4.69) is 15.0 Å². The van der Waals surface area contributed by atoms with Crippen LogP contribution in [0.25, 0.3) is 22.3 Å². The summed E-state index contributed by atoms with van der Waals surface area (Å²) in [6.45, 7) is 0.343. The van der Waals surface area contributed by atoms with E-state index in [4.69, 9.17) is 5.73 Å². The molecule has 1 aromatic carbocycles. The Morgan fingerprint density at radius 1 is 1.22 bits per heavy atom. The van der Waals surface area contributed by atoms with Gasteiger partial charge in [0.2, 0.25) is 0 Å². The Bertz CT molecular complexity index is 705. The van der Waals surface area contributed by atoms with Crippen LogP contribution >= 0.6 is 0 Å². The third-order valence-corrected chi connectivity index (χ3v) is 2.75. The highest BCUT2D eigenvalue weighted by Crippen LogP contribution is 2.22. The summed E-state index contributed by atoms with van der Waals surface area (Å²) in [4.78, 5) is 11.6. The van der Waals surface area contributed by atoms with E-state index < -0.39 is 0 Å². The summed E-state index contributed by atoms with van der Waals surface area (Å²) in [5, 5.41) is 0.936. The molecular weight excluding hydrogens is 231 g/mol. The van der Waals surface area contributed by atoms with Crippen molar-refractivity contribution in [2.75, 3.05) is 0 Å². The Kier molecular flexibility index (Phi) is 2.53. The molecule has 3 rings (SSSR count). The lowest BCUT2D eigenvalue weighted by molar-refractivity contribution is 0.629. The fraction of sp³-hybridized carbons (Fsp3) is 0.0769. The van der Waals surface area contributed by atoms with Crippen LogP contribution in [0, 0.1) is 5.82 Å². The average molecular weight is 242 g/mol. The van der Waals surface area contributed by atoms with Gasteiger partial charge in [-0.25, -0.2) is 9.37 Å². The molecule has 0 saturated heterocycles. The van der Waals surface area contributed by atoms with E-state index in [-0.39, 0.29) is 5.82 Å². The largest absolute Gasteiger partial charge is 0.353 e. The van der Waals surface area contributed by atoms with Crippen molar-refractivity contribution in [2.24, 2.45) is 5.73 Å². The van der Waals surface area contributed by atoms with Crippen LogP contribution in [-0.4, -0.2) is 15.0 Å². The fourth-order valence-corrected chi connectivity index (χ4v) is 1.87. The Morgan fingerprint density at radius 2 is 2.11 bits per heavy atom. The minimum Gasteiger partial charge on any atom is -0.353 e. The molecule has 3 N–H and O–H groups in total. The number of rotatable bonds is 2. The van der Waals surface area contributed by atoms with Crippen molar-refractivity contribution >= 4 is 10.9 Å². The summed E-state index contributed by atoms with van der Waals surface area (Å²) in [6.07, 6.45) is 3.28. The molecule has 0 radical (unpaired) electrons. The number of nitrogens with zero attached hydrogens (tertiary/aromatic N) is 2. The number of aromatic nitrogens is 3. The van der Waals surface area contributed by atoms with Gasteiger partial charge in [0.1, 0.15) is 11.5 Å². The molecule has 0 atom stereocenters. The van der Waals surface area contributed by atoms with E-state index in [0.29, 0.717) is 12.2 Å². The van der Waals surface area contributed by atoms with Gasteiger partial charge in [-0.05, 0) is 24.3 Å². The molecule has 0 unspecified atom stereocenters. The van der Waals surface area contributed by atoms with E-state index in [1.54, 1.807) is 18.5 Å². The summed E-state index contributed by atoms with van der Waals surface area (Å²) in [5.74, 6) is -0.266. The van der Waals surface area contributed by atoms with E-state index in [0.717, 1.165) is 22.3 Å². The van der Waals surface area contributed by atoms with Gasteiger partial charge in [0.05, 0.1) is 17.6 Å². The van der Waals surface area contributed by atoms with Gasteiger partial charge >= 0.3 is 0 Å². The van der Waals surface area contributed by atoms with Crippen molar-refractivity contribution in [2.45, 2.75) is 6.54 Å². The SMILES string of the molecule is NCc1cncc(-c2cc3ccc(F)cc3[nH]2)n1. The molecule has 18 heavy (non-hydrogen) atoms. The van der Waals surface area contributed by atoms with Crippen molar-refractivity contribution in [1.29, 1.82) is 0 Å². The molecule has 2 heterocycles. The van der Waals surface area contributed by atoms with Crippen LogP contribution in [0.1, 0.15) is 5.69 Å². The number of nitrogens with two attached hydrogens (primary N) is 1. The zero-order chi connectivity index (χ0) is 12.5. The molecule has 2 aromatic heterocycles. The standard InChI is InChI=1S/C13H11FN4/c14-9-2-1-8-3-12(18-11(8)4-9)13-7-16-6-10(5-15)17-13/h1-4,6-7,18H,5,15H2. The molecular formula is C13H11FN4. The van der Waals surface area contributed by atoms with Gasteiger partial charge in [-0.1, -0.05) is 0 Å². The molecule has 0 aliphatic rings. The van der Waals surface area contributed by atoms with E-state index >= 15 is 0 Å². The van der Waals surface area contributed by atoms with Gasteiger partial charge in [0.15, 0.2) is 0 Å². The molecule has 0 amide bonds. The maximum atomic E-state index is 13.1. The molecule has 0 spiro atoms. The van der Waals surface area contributed by atoms with Gasteiger partial charge in [0, 0.05) is 23.6 Å². The van der Waals surface area contributed by atoms with E-state index in [1.165, 1.54) is 12.1 Å². The van der Waals surface area contributed by atoms with Gasteiger partial charge in [0.25, 0.3) is 0 Å². The van der Waals surface area contributed by atoms with Crippen LogP contribution in [-0.2, 0) is 6.54 Å². The molecule has 0 saturated carbocycles. The Hall–Kier alpha value is -2.27. The van der Waals surface area contributed by atoms with Crippen LogP contribution in [0.2, 0.25) is 0 Å². The summed E-state index contributed by atoms with van der Waals surface area (Å²) in [6, 6.07) is 6.53. The first kappa shape index (κ1) is 10.9. The minimum atomic E-state index is -0.266. The number of nitrogens with one attached hydrogen (secondary N) is 1. The topological polar surface area (TPSA) is 67.6 Å². The van der Waals surface area contributed by atoms with Crippen LogP contribution < -0.4 is 5.73 Å². The molecule has 0 fully saturated rings. The van der Waals surface area contributed by atoms with E-state index in [1.807, 2.05) is 6.07 Å². The van der Waals surface area contributed by atoms with E-state index in [9.17, 15) is 4.39 Å². The lowest BCUT2D eigenvalue weighted by Crippen LogP contribution is -2.01. The highest BCUT2D eigenvalue weighted by Gasteiger charge is 2.06. The number of fused-ring (bicyclic) bond motifs is 1. The van der Waals surface area contributed by atoms with Crippen LogP contribution in [0.3, 0.4) is 0 Å². The number of benzene rings is 1. The van der Waals surface area contributed by atoms with Crippen LogP contribution in [0.4, 0.5) is 4.39 Å². The second kappa shape index (κ2) is 4.19. The van der Waals surface area contributed by atoms with Gasteiger partial charge in [-0.2, -0.15) is 0 Å². The molecule has 0 bridgehead atoms. The highest BCUT2D eigenvalue weighted by molar-refractivity contribution is 5.85. The third kappa shape index (κ3) is 1.84. The van der Waals surface area contributed by atoms with Crippen molar-refractivity contribution in [3.8, 4) is 11.4 Å². The molecule has 4 nitrogen and oxygen atoms in total. The average Bonchev–Trinajstić information content (AvgIpc) is 2.81. The normalized spacial score (nSPS) is 11.0. The number of halogens is 1. The Balaban J connectivity index is 2.13. The molecule has 5 heteroatoms. The predicted octanol–water partition coefficient (Wildman–Crippen LogP) is 2.22. The summed E-state index contributed by atoms with van der Waals surface area (Å²) in [7, 11) is 0. The highest BCUT2D eigenvalue weighted by atomic mass is 19.1. The lowest BCUT2D eigenvalue weighted by atomic mass is 10.2. The Morgan fingerprint density at radius 3 is 2.94 bits per heavy atom. The number of hydrogen-bond acceptors (Lipinski definition) is 3. The van der Waals surface area contributed by atoms with Crippen molar-refractivity contribution in [3.05, 3.63) is 48.2 Å². The maximum absolute atomic E-state index is 13.1. The van der Waals surface area contributed by atoms with Crippen molar-refractivity contribution in [3.63, 3.8) is 0 Å². The number of hydrogen-bond donors (Lipinski definition) is 2. The van der Waals surface area contributed by atoms with Gasteiger partial charge in [-0.3, -0.25) is 4.98 Å². The quantitative estimate of drug-likeness (QED) is 0.724. The van der Waals surface area contributed by atoms with Crippen LogP contribution in [0.15, 0.2) is 36.7 Å². The second-order valence-electron chi connectivity index (χ2n) is 4.01. The first-order chi connectivity index (χ1) is 8.76. The van der Waals surface area contributed by atoms with Gasteiger partial charge < -0.3 is 10.7 Å². The summed E-state index contributed by atoms with van der Waals surface area (Å²) < 4.78 is 13.1. The Labute approximate surface area is 103 Å². The first-order valence-electron chi connectivity index (χ1n) is 5.56. The number of aromatic amines is 1. The summed E-state index contributed by atoms with van der Waals surface area (Å²) in [5.41, 5.74) is 8.50. The third-order valence-electron chi connectivity index (χ3n) is 2.75.